The van der Waals surface area contributed by atoms with E-state index in [-0.39, 0.29) is 0 Å². The van der Waals surface area contributed by atoms with Gasteiger partial charge >= 0.3 is 5.97 Å². The van der Waals surface area contributed by atoms with Crippen molar-refractivity contribution < 1.29 is 28.8 Å². The Hall–Kier alpha value is -3.45. The second-order valence-corrected chi connectivity index (χ2v) is 7.59. The zero-order chi connectivity index (χ0) is 23.8. The minimum absolute atomic E-state index is 0.320. The maximum absolute atomic E-state index is 11.3. The van der Waals surface area contributed by atoms with E-state index in [9.17, 15) is 9.90 Å². The minimum Gasteiger partial charge on any atom is -0.493 e. The number of nitrogens with zero attached hydrogens (tertiary/aromatic N) is 1. The molecular formula is C26H31NO6. The van der Waals surface area contributed by atoms with E-state index in [1.54, 1.807) is 21.1 Å². The van der Waals surface area contributed by atoms with Gasteiger partial charge in [-0.3, -0.25) is 0 Å². The van der Waals surface area contributed by atoms with Crippen molar-refractivity contribution in [1.82, 2.24) is 4.57 Å². The number of benzene rings is 2. The van der Waals surface area contributed by atoms with Crippen molar-refractivity contribution in [2.24, 2.45) is 0 Å². The molecule has 33 heavy (non-hydrogen) atoms. The van der Waals surface area contributed by atoms with Gasteiger partial charge in [-0.1, -0.05) is 12.1 Å². The van der Waals surface area contributed by atoms with E-state index < -0.39 is 12.1 Å². The fraction of sp³-hybridized carbons (Fsp3) is 0.346. The summed E-state index contributed by atoms with van der Waals surface area (Å²) in [4.78, 5) is 11.3. The molecule has 0 saturated heterocycles. The number of ether oxygens (including phenoxy) is 4. The highest BCUT2D eigenvalue weighted by atomic mass is 16.5. The van der Waals surface area contributed by atoms with E-state index in [4.69, 9.17) is 18.9 Å². The third kappa shape index (κ3) is 6.08. The number of rotatable bonds is 12. The average Bonchev–Trinajstić information content (AvgIpc) is 3.27. The predicted octanol–water partition coefficient (Wildman–Crippen LogP) is 4.59. The van der Waals surface area contributed by atoms with Gasteiger partial charge in [0, 0.05) is 30.5 Å². The Bertz CT molecular complexity index is 1060. The van der Waals surface area contributed by atoms with E-state index in [2.05, 4.69) is 16.7 Å². The summed E-state index contributed by atoms with van der Waals surface area (Å²) in [5.41, 5.74) is 4.00. The lowest BCUT2D eigenvalue weighted by molar-refractivity contribution is -0.149. The van der Waals surface area contributed by atoms with Crippen molar-refractivity contribution in [2.75, 3.05) is 27.4 Å². The molecule has 7 heteroatoms. The lowest BCUT2D eigenvalue weighted by Gasteiger charge is -2.15. The van der Waals surface area contributed by atoms with Gasteiger partial charge in [0.05, 0.1) is 20.8 Å². The van der Waals surface area contributed by atoms with Crippen LogP contribution in [0.3, 0.4) is 0 Å². The molecule has 0 bridgehead atoms. The lowest BCUT2D eigenvalue weighted by atomic mass is 10.1. The van der Waals surface area contributed by atoms with Crippen molar-refractivity contribution >= 4 is 5.97 Å². The first-order valence-electron chi connectivity index (χ1n) is 10.9. The van der Waals surface area contributed by atoms with Gasteiger partial charge in [-0.25, -0.2) is 4.79 Å². The predicted molar refractivity (Wildman–Crippen MR) is 126 cm³/mol. The highest BCUT2D eigenvalue weighted by Crippen LogP contribution is 2.36. The number of aliphatic carboxylic acids is 1. The number of carbonyl (C=O) groups is 1. The third-order valence-corrected chi connectivity index (χ3v) is 5.38. The molecule has 0 spiro atoms. The van der Waals surface area contributed by atoms with Crippen molar-refractivity contribution in [3.63, 3.8) is 0 Å². The van der Waals surface area contributed by atoms with Crippen LogP contribution in [0.5, 0.6) is 17.2 Å². The van der Waals surface area contributed by atoms with Gasteiger partial charge in [-0.15, -0.1) is 0 Å². The normalized spacial score (nSPS) is 11.8. The molecule has 1 heterocycles. The summed E-state index contributed by atoms with van der Waals surface area (Å²) in [6.45, 7) is 5.31. The van der Waals surface area contributed by atoms with Crippen LogP contribution in [0.2, 0.25) is 0 Å². The van der Waals surface area contributed by atoms with Crippen LogP contribution in [0.4, 0.5) is 0 Å². The first-order chi connectivity index (χ1) is 16.0. The molecule has 0 radical (unpaired) electrons. The van der Waals surface area contributed by atoms with Gasteiger partial charge in [-0.2, -0.15) is 0 Å². The zero-order valence-corrected chi connectivity index (χ0v) is 19.5. The van der Waals surface area contributed by atoms with Crippen LogP contribution >= 0.6 is 0 Å². The van der Waals surface area contributed by atoms with Crippen molar-refractivity contribution in [3.8, 4) is 28.5 Å². The van der Waals surface area contributed by atoms with Crippen LogP contribution in [0, 0.1) is 6.92 Å². The molecule has 1 unspecified atom stereocenters. The van der Waals surface area contributed by atoms with Crippen LogP contribution in [0.15, 0.2) is 54.7 Å². The highest BCUT2D eigenvalue weighted by Gasteiger charge is 2.18. The van der Waals surface area contributed by atoms with Gasteiger partial charge in [0.1, 0.15) is 12.4 Å². The second-order valence-electron chi connectivity index (χ2n) is 7.59. The smallest absolute Gasteiger partial charge is 0.333 e. The van der Waals surface area contributed by atoms with E-state index in [0.29, 0.717) is 31.9 Å². The fourth-order valence-electron chi connectivity index (χ4n) is 3.79. The quantitative estimate of drug-likeness (QED) is 0.432. The molecule has 0 aliphatic carbocycles. The molecule has 0 amide bonds. The number of carboxylic acid groups (broad SMARTS) is 1. The van der Waals surface area contributed by atoms with Crippen LogP contribution in [-0.4, -0.2) is 49.2 Å². The molecule has 0 fully saturated rings. The number of hydrogen-bond donors (Lipinski definition) is 1. The Kier molecular flexibility index (Phi) is 8.38. The summed E-state index contributed by atoms with van der Waals surface area (Å²) in [6, 6.07) is 15.6. The Morgan fingerprint density at radius 1 is 1.09 bits per heavy atom. The van der Waals surface area contributed by atoms with Crippen LogP contribution in [-0.2, 0) is 22.5 Å². The fourth-order valence-corrected chi connectivity index (χ4v) is 3.79. The molecule has 176 valence electrons. The van der Waals surface area contributed by atoms with Gasteiger partial charge in [0.2, 0.25) is 0 Å². The van der Waals surface area contributed by atoms with Crippen LogP contribution in [0.25, 0.3) is 11.3 Å². The molecule has 0 aliphatic rings. The Morgan fingerprint density at radius 2 is 1.85 bits per heavy atom. The maximum atomic E-state index is 11.3. The number of hydrogen-bond acceptors (Lipinski definition) is 5. The van der Waals surface area contributed by atoms with Gasteiger partial charge < -0.3 is 28.6 Å². The van der Waals surface area contributed by atoms with E-state index in [1.807, 2.05) is 49.5 Å². The standard InChI is InChI=1S/C26H31NO6/c1-5-32-24(26(28)29)16-19-8-10-21(11-9-19)33-14-13-27-12-6-7-22(27)20-15-18(2)25(31-4)23(17-20)30-3/h6-12,15,17,24H,5,13-14,16H2,1-4H3,(H,28,29). The van der Waals surface area contributed by atoms with Crippen LogP contribution < -0.4 is 14.2 Å². The number of aryl methyl sites for hydroxylation is 1. The monoisotopic (exact) mass is 453 g/mol. The maximum Gasteiger partial charge on any atom is 0.333 e. The molecule has 3 aromatic rings. The average molecular weight is 454 g/mol. The Labute approximate surface area is 194 Å². The Morgan fingerprint density at radius 3 is 2.48 bits per heavy atom. The van der Waals surface area contributed by atoms with Gasteiger partial charge in [0.25, 0.3) is 0 Å². The lowest BCUT2D eigenvalue weighted by Crippen LogP contribution is -2.26. The highest BCUT2D eigenvalue weighted by molar-refractivity contribution is 5.72. The van der Waals surface area contributed by atoms with Crippen molar-refractivity contribution in [1.29, 1.82) is 0 Å². The van der Waals surface area contributed by atoms with Crippen LogP contribution in [0.1, 0.15) is 18.1 Å². The van der Waals surface area contributed by atoms with E-state index in [1.165, 1.54) is 0 Å². The molecule has 7 nitrogen and oxygen atoms in total. The Balaban J connectivity index is 1.62. The van der Waals surface area contributed by atoms with Crippen molar-refractivity contribution in [2.45, 2.75) is 32.9 Å². The summed E-state index contributed by atoms with van der Waals surface area (Å²) < 4.78 is 24.3. The third-order valence-electron chi connectivity index (χ3n) is 5.38. The van der Waals surface area contributed by atoms with E-state index >= 15 is 0 Å². The zero-order valence-electron chi connectivity index (χ0n) is 19.5. The SMILES string of the molecule is CCOC(Cc1ccc(OCCn2cccc2-c2cc(C)c(OC)c(OC)c2)cc1)C(=O)O. The van der Waals surface area contributed by atoms with E-state index in [0.717, 1.165) is 33.9 Å². The molecule has 1 atom stereocenters. The molecule has 0 aliphatic heterocycles. The summed E-state index contributed by atoms with van der Waals surface area (Å²) in [7, 11) is 3.28. The molecule has 0 saturated carbocycles. The molecule has 3 rings (SSSR count). The molecule has 1 aromatic heterocycles. The summed E-state index contributed by atoms with van der Waals surface area (Å²) in [6.07, 6.45) is 1.50. The molecule has 1 N–H and O–H groups in total. The van der Waals surface area contributed by atoms with Gasteiger partial charge in [-0.05, 0) is 61.4 Å². The minimum atomic E-state index is -0.954. The molecule has 2 aromatic carbocycles. The topological polar surface area (TPSA) is 79.2 Å². The summed E-state index contributed by atoms with van der Waals surface area (Å²) in [5.74, 6) is 1.22. The van der Waals surface area contributed by atoms with Gasteiger partial charge in [0.15, 0.2) is 17.6 Å². The van der Waals surface area contributed by atoms with Crippen molar-refractivity contribution in [3.05, 3.63) is 65.9 Å². The largest absolute Gasteiger partial charge is 0.493 e. The number of aromatic nitrogens is 1. The second kappa shape index (κ2) is 11.4. The first kappa shape index (κ1) is 24.2. The number of carboxylic acids is 1. The summed E-state index contributed by atoms with van der Waals surface area (Å²) in [5, 5.41) is 9.24. The summed E-state index contributed by atoms with van der Waals surface area (Å²) >= 11 is 0. The first-order valence-corrected chi connectivity index (χ1v) is 10.9. The number of methoxy groups -OCH3 is 2. The molecular weight excluding hydrogens is 422 g/mol.